The van der Waals surface area contributed by atoms with Gasteiger partial charge in [0.25, 0.3) is 0 Å². The number of carbonyl (C=O) groups excluding carboxylic acids is 1. The van der Waals surface area contributed by atoms with Crippen molar-refractivity contribution in [1.82, 2.24) is 0 Å². The first-order valence-electron chi connectivity index (χ1n) is 3.12. The summed E-state index contributed by atoms with van der Waals surface area (Å²) in [6, 6.07) is 0. The van der Waals surface area contributed by atoms with Gasteiger partial charge in [-0.1, -0.05) is 17.8 Å². The second kappa shape index (κ2) is 3.06. The minimum absolute atomic E-state index is 0.257. The molecule has 50 valence electrons. The molecule has 1 aliphatic rings. The smallest absolute Gasteiger partial charge is 0.214 e. The second-order valence-corrected chi connectivity index (χ2v) is 2.89. The van der Waals surface area contributed by atoms with Crippen LogP contribution in [0.4, 0.5) is 0 Å². The van der Waals surface area contributed by atoms with Crippen LogP contribution in [0, 0.1) is 0 Å². The molecule has 1 aliphatic carbocycles. The number of rotatable bonds is 1. The van der Waals surface area contributed by atoms with Crippen molar-refractivity contribution in [2.75, 3.05) is 6.26 Å². The third-order valence-corrected chi connectivity index (χ3v) is 2.12. The molecule has 0 spiro atoms. The maximum Gasteiger partial charge on any atom is 0.214 e. The molecule has 2 heteroatoms. The molecule has 0 aromatic heterocycles. The molecule has 0 atom stereocenters. The van der Waals surface area contributed by atoms with Crippen molar-refractivity contribution in [3.8, 4) is 0 Å². The van der Waals surface area contributed by atoms with Crippen LogP contribution in [-0.4, -0.2) is 11.4 Å². The quantitative estimate of drug-likeness (QED) is 0.557. The Bertz CT molecular complexity index is 149. The standard InChI is InChI=1S/C7H10OS/c1-9-7(8)6-4-2-3-5-6/h4H,2-3,5H2,1H3. The summed E-state index contributed by atoms with van der Waals surface area (Å²) in [5, 5.41) is 0.257. The van der Waals surface area contributed by atoms with E-state index >= 15 is 0 Å². The van der Waals surface area contributed by atoms with E-state index in [9.17, 15) is 4.79 Å². The Hall–Kier alpha value is -0.240. The van der Waals surface area contributed by atoms with Crippen molar-refractivity contribution in [3.05, 3.63) is 11.6 Å². The van der Waals surface area contributed by atoms with Gasteiger partial charge in [-0.2, -0.15) is 0 Å². The van der Waals surface area contributed by atoms with Crippen LogP contribution in [0.15, 0.2) is 11.6 Å². The predicted molar refractivity (Wildman–Crippen MR) is 40.5 cm³/mol. The van der Waals surface area contributed by atoms with Gasteiger partial charge in [0.2, 0.25) is 5.12 Å². The zero-order valence-corrected chi connectivity index (χ0v) is 6.33. The highest BCUT2D eigenvalue weighted by molar-refractivity contribution is 8.13. The van der Waals surface area contributed by atoms with Crippen LogP contribution in [0.3, 0.4) is 0 Å². The van der Waals surface area contributed by atoms with Crippen molar-refractivity contribution in [2.24, 2.45) is 0 Å². The summed E-state index contributed by atoms with van der Waals surface area (Å²) < 4.78 is 0. The maximum atomic E-state index is 10.9. The summed E-state index contributed by atoms with van der Waals surface area (Å²) in [4.78, 5) is 10.9. The Morgan fingerprint density at radius 2 is 2.56 bits per heavy atom. The highest BCUT2D eigenvalue weighted by atomic mass is 32.2. The van der Waals surface area contributed by atoms with E-state index < -0.39 is 0 Å². The first-order chi connectivity index (χ1) is 4.34. The fraction of sp³-hybridized carbons (Fsp3) is 0.571. The van der Waals surface area contributed by atoms with Gasteiger partial charge in [0.05, 0.1) is 0 Å². The van der Waals surface area contributed by atoms with Gasteiger partial charge < -0.3 is 0 Å². The number of hydrogen-bond acceptors (Lipinski definition) is 2. The highest BCUT2D eigenvalue weighted by Gasteiger charge is 2.10. The Morgan fingerprint density at radius 1 is 1.78 bits per heavy atom. The molecule has 0 N–H and O–H groups in total. The molecule has 0 heterocycles. The molecule has 9 heavy (non-hydrogen) atoms. The van der Waals surface area contributed by atoms with Crippen LogP contribution in [0.1, 0.15) is 19.3 Å². The minimum atomic E-state index is 0.257. The van der Waals surface area contributed by atoms with E-state index in [1.54, 1.807) is 0 Å². The molecule has 0 bridgehead atoms. The van der Waals surface area contributed by atoms with Crippen molar-refractivity contribution < 1.29 is 4.79 Å². The first-order valence-corrected chi connectivity index (χ1v) is 4.34. The van der Waals surface area contributed by atoms with E-state index in [0.29, 0.717) is 0 Å². The average molecular weight is 142 g/mol. The molecule has 0 saturated heterocycles. The molecule has 1 nitrogen and oxygen atoms in total. The van der Waals surface area contributed by atoms with Crippen LogP contribution in [-0.2, 0) is 4.79 Å². The van der Waals surface area contributed by atoms with Crippen molar-refractivity contribution in [1.29, 1.82) is 0 Å². The fourth-order valence-electron chi connectivity index (χ4n) is 0.987. The van der Waals surface area contributed by atoms with E-state index in [4.69, 9.17) is 0 Å². The third kappa shape index (κ3) is 1.58. The van der Waals surface area contributed by atoms with Crippen LogP contribution < -0.4 is 0 Å². The Morgan fingerprint density at radius 3 is 3.00 bits per heavy atom. The topological polar surface area (TPSA) is 17.1 Å². The largest absolute Gasteiger partial charge is 0.282 e. The zero-order valence-electron chi connectivity index (χ0n) is 5.52. The minimum Gasteiger partial charge on any atom is -0.282 e. The SMILES string of the molecule is CSC(=O)C1=CCCC1. The lowest BCUT2D eigenvalue weighted by Crippen LogP contribution is -1.91. The zero-order chi connectivity index (χ0) is 6.69. The molecule has 0 unspecified atom stereocenters. The Labute approximate surface area is 59.5 Å². The normalized spacial score (nSPS) is 17.7. The molecule has 0 radical (unpaired) electrons. The van der Waals surface area contributed by atoms with Gasteiger partial charge >= 0.3 is 0 Å². The van der Waals surface area contributed by atoms with Crippen LogP contribution >= 0.6 is 11.8 Å². The van der Waals surface area contributed by atoms with Crippen molar-refractivity contribution >= 4 is 16.9 Å². The number of thioether (sulfide) groups is 1. The summed E-state index contributed by atoms with van der Waals surface area (Å²) >= 11 is 1.31. The lowest BCUT2D eigenvalue weighted by Gasteiger charge is -1.93. The summed E-state index contributed by atoms with van der Waals surface area (Å²) in [5.41, 5.74) is 1.03. The molecule has 0 fully saturated rings. The highest BCUT2D eigenvalue weighted by Crippen LogP contribution is 2.21. The van der Waals surface area contributed by atoms with Gasteiger partial charge in [0.1, 0.15) is 0 Å². The Balaban J connectivity index is 2.51. The van der Waals surface area contributed by atoms with Gasteiger partial charge in [0.15, 0.2) is 0 Å². The molecule has 1 rings (SSSR count). The van der Waals surface area contributed by atoms with Gasteiger partial charge in [0, 0.05) is 5.57 Å². The van der Waals surface area contributed by atoms with E-state index in [1.807, 2.05) is 6.26 Å². The van der Waals surface area contributed by atoms with Crippen LogP contribution in [0.5, 0.6) is 0 Å². The number of allylic oxidation sites excluding steroid dienone is 1. The van der Waals surface area contributed by atoms with Crippen molar-refractivity contribution in [2.45, 2.75) is 19.3 Å². The van der Waals surface area contributed by atoms with Gasteiger partial charge in [-0.25, -0.2) is 0 Å². The summed E-state index contributed by atoms with van der Waals surface area (Å²) in [7, 11) is 0. The summed E-state index contributed by atoms with van der Waals surface area (Å²) in [6.07, 6.45) is 7.16. The molecule has 0 aromatic carbocycles. The third-order valence-electron chi connectivity index (χ3n) is 1.49. The van der Waals surface area contributed by atoms with E-state index in [-0.39, 0.29) is 5.12 Å². The molecule has 0 aliphatic heterocycles. The maximum absolute atomic E-state index is 10.9. The van der Waals surface area contributed by atoms with Gasteiger partial charge in [-0.05, 0) is 25.5 Å². The van der Waals surface area contributed by atoms with Gasteiger partial charge in [-0.15, -0.1) is 0 Å². The van der Waals surface area contributed by atoms with E-state index in [2.05, 4.69) is 6.08 Å². The average Bonchev–Trinajstić information content (AvgIpc) is 2.37. The van der Waals surface area contributed by atoms with Crippen LogP contribution in [0.25, 0.3) is 0 Å². The first kappa shape index (κ1) is 6.87. The molecular weight excluding hydrogens is 132 g/mol. The van der Waals surface area contributed by atoms with E-state index in [0.717, 1.165) is 18.4 Å². The fourth-order valence-corrected chi connectivity index (χ4v) is 1.43. The van der Waals surface area contributed by atoms with Crippen LogP contribution in [0.2, 0.25) is 0 Å². The molecular formula is C7H10OS. The lowest BCUT2D eigenvalue weighted by molar-refractivity contribution is -0.107. The second-order valence-electron chi connectivity index (χ2n) is 2.11. The molecule has 0 saturated carbocycles. The molecule has 0 aromatic rings. The lowest BCUT2D eigenvalue weighted by atomic mass is 10.3. The Kier molecular flexibility index (Phi) is 2.34. The summed E-state index contributed by atoms with van der Waals surface area (Å²) in [6.45, 7) is 0. The number of carbonyl (C=O) groups is 1. The monoisotopic (exact) mass is 142 g/mol. The summed E-state index contributed by atoms with van der Waals surface area (Å²) in [5.74, 6) is 0. The van der Waals surface area contributed by atoms with Gasteiger partial charge in [-0.3, -0.25) is 4.79 Å². The van der Waals surface area contributed by atoms with Crippen molar-refractivity contribution in [3.63, 3.8) is 0 Å². The number of hydrogen-bond donors (Lipinski definition) is 0. The van der Waals surface area contributed by atoms with E-state index in [1.165, 1.54) is 18.2 Å². The predicted octanol–water partition coefficient (Wildman–Crippen LogP) is 1.99. The molecule has 0 amide bonds.